The van der Waals surface area contributed by atoms with Crippen molar-refractivity contribution >= 4 is 0 Å². The molecule has 0 fully saturated rings. The van der Waals surface area contributed by atoms with Gasteiger partial charge in [0.05, 0.1) is 18.2 Å². The third kappa shape index (κ3) is 2.39. The molecule has 1 heterocycles. The fourth-order valence-electron chi connectivity index (χ4n) is 2.07. The van der Waals surface area contributed by atoms with Crippen molar-refractivity contribution in [2.45, 2.75) is 26.3 Å². The van der Waals surface area contributed by atoms with E-state index in [-0.39, 0.29) is 0 Å². The van der Waals surface area contributed by atoms with Crippen molar-refractivity contribution in [3.8, 4) is 11.3 Å². The number of benzene rings is 1. The summed E-state index contributed by atoms with van der Waals surface area (Å²) in [4.78, 5) is 4.25. The molecule has 0 aliphatic carbocycles. The second kappa shape index (κ2) is 5.15. The fraction of sp³-hybridized carbons (Fsp3) is 0.357. The molecule has 0 bridgehead atoms. The van der Waals surface area contributed by atoms with E-state index in [1.165, 1.54) is 16.8 Å². The zero-order valence-corrected chi connectivity index (χ0v) is 10.4. The van der Waals surface area contributed by atoms with E-state index in [4.69, 9.17) is 5.73 Å². The monoisotopic (exact) mass is 229 g/mol. The summed E-state index contributed by atoms with van der Waals surface area (Å²) in [6, 6.07) is 8.82. The number of nitrogens with two attached hydrogens (primary N) is 1. The van der Waals surface area contributed by atoms with Gasteiger partial charge < -0.3 is 10.3 Å². The highest BCUT2D eigenvalue weighted by Gasteiger charge is 2.10. The quantitative estimate of drug-likeness (QED) is 0.875. The van der Waals surface area contributed by atoms with Gasteiger partial charge in [0.1, 0.15) is 0 Å². The maximum atomic E-state index is 5.66. The molecular formula is C14H19N3. The number of nitrogens with zero attached hydrogens (tertiary/aromatic N) is 2. The van der Waals surface area contributed by atoms with Gasteiger partial charge in [0.2, 0.25) is 0 Å². The number of imidazole rings is 1. The normalized spacial score (nSPS) is 11.1. The minimum atomic E-state index is 0.415. The molecule has 1 aromatic carbocycles. The van der Waals surface area contributed by atoms with Crippen molar-refractivity contribution in [2.24, 2.45) is 5.73 Å². The molecule has 0 radical (unpaired) electrons. The highest BCUT2D eigenvalue weighted by Crippen LogP contribution is 2.25. The average Bonchev–Trinajstić information content (AvgIpc) is 2.79. The van der Waals surface area contributed by atoms with Gasteiger partial charge >= 0.3 is 0 Å². The second-order valence-corrected chi connectivity index (χ2v) is 4.48. The lowest BCUT2D eigenvalue weighted by atomic mass is 10.0. The van der Waals surface area contributed by atoms with Gasteiger partial charge in [0.15, 0.2) is 0 Å². The predicted octanol–water partition coefficient (Wildman–Crippen LogP) is 2.63. The Morgan fingerprint density at radius 1 is 1.29 bits per heavy atom. The highest BCUT2D eigenvalue weighted by atomic mass is 15.1. The Balaban J connectivity index is 2.48. The Morgan fingerprint density at radius 3 is 2.76 bits per heavy atom. The summed E-state index contributed by atoms with van der Waals surface area (Å²) in [5.41, 5.74) is 9.36. The smallest absolute Gasteiger partial charge is 0.0953 e. The van der Waals surface area contributed by atoms with Crippen LogP contribution in [0.2, 0.25) is 0 Å². The zero-order valence-electron chi connectivity index (χ0n) is 10.4. The van der Waals surface area contributed by atoms with Gasteiger partial charge in [-0.2, -0.15) is 0 Å². The number of hydrogen-bond donors (Lipinski definition) is 1. The second-order valence-electron chi connectivity index (χ2n) is 4.48. The third-order valence-corrected chi connectivity index (χ3v) is 2.93. The SMILES string of the molecule is CC(C)n1cncc1-c1ccccc1CCN. The summed E-state index contributed by atoms with van der Waals surface area (Å²) < 4.78 is 2.19. The molecule has 3 heteroatoms. The summed E-state index contributed by atoms with van der Waals surface area (Å²) in [5.74, 6) is 0. The van der Waals surface area contributed by atoms with Crippen LogP contribution in [-0.2, 0) is 6.42 Å². The van der Waals surface area contributed by atoms with Crippen molar-refractivity contribution in [3.63, 3.8) is 0 Å². The highest BCUT2D eigenvalue weighted by molar-refractivity contribution is 5.63. The fourth-order valence-corrected chi connectivity index (χ4v) is 2.07. The van der Waals surface area contributed by atoms with Crippen LogP contribution >= 0.6 is 0 Å². The summed E-state index contributed by atoms with van der Waals surface area (Å²) >= 11 is 0. The van der Waals surface area contributed by atoms with E-state index in [1.807, 2.05) is 12.5 Å². The van der Waals surface area contributed by atoms with Gasteiger partial charge in [-0.25, -0.2) is 4.98 Å². The first-order chi connectivity index (χ1) is 8.24. The molecule has 17 heavy (non-hydrogen) atoms. The molecule has 0 aliphatic heterocycles. The van der Waals surface area contributed by atoms with Crippen LogP contribution in [-0.4, -0.2) is 16.1 Å². The summed E-state index contributed by atoms with van der Waals surface area (Å²) in [6.45, 7) is 5.00. The maximum absolute atomic E-state index is 5.66. The average molecular weight is 229 g/mol. The van der Waals surface area contributed by atoms with Crippen molar-refractivity contribution < 1.29 is 0 Å². The zero-order chi connectivity index (χ0) is 12.3. The van der Waals surface area contributed by atoms with Crippen molar-refractivity contribution in [1.29, 1.82) is 0 Å². The van der Waals surface area contributed by atoms with E-state index in [0.717, 1.165) is 6.42 Å². The molecule has 0 amide bonds. The lowest BCUT2D eigenvalue weighted by Crippen LogP contribution is -2.06. The minimum absolute atomic E-state index is 0.415. The van der Waals surface area contributed by atoms with Gasteiger partial charge in [-0.15, -0.1) is 0 Å². The number of aromatic nitrogens is 2. The van der Waals surface area contributed by atoms with E-state index in [2.05, 4.69) is 47.7 Å². The molecular weight excluding hydrogens is 210 g/mol. The molecule has 3 nitrogen and oxygen atoms in total. The van der Waals surface area contributed by atoms with Crippen LogP contribution in [0, 0.1) is 0 Å². The van der Waals surface area contributed by atoms with Gasteiger partial charge in [0.25, 0.3) is 0 Å². The lowest BCUT2D eigenvalue weighted by molar-refractivity contribution is 0.605. The van der Waals surface area contributed by atoms with Crippen LogP contribution in [0.5, 0.6) is 0 Å². The van der Waals surface area contributed by atoms with Crippen molar-refractivity contribution in [1.82, 2.24) is 9.55 Å². The first kappa shape index (κ1) is 11.9. The van der Waals surface area contributed by atoms with E-state index in [1.54, 1.807) is 0 Å². The van der Waals surface area contributed by atoms with Gasteiger partial charge in [0, 0.05) is 11.6 Å². The predicted molar refractivity (Wildman–Crippen MR) is 70.8 cm³/mol. The first-order valence-corrected chi connectivity index (χ1v) is 6.04. The molecule has 2 aromatic rings. The van der Waals surface area contributed by atoms with Crippen LogP contribution in [0.25, 0.3) is 11.3 Å². The summed E-state index contributed by atoms with van der Waals surface area (Å²) in [7, 11) is 0. The summed E-state index contributed by atoms with van der Waals surface area (Å²) in [6.07, 6.45) is 4.72. The van der Waals surface area contributed by atoms with Crippen molar-refractivity contribution in [3.05, 3.63) is 42.4 Å². The van der Waals surface area contributed by atoms with Crippen LogP contribution in [0.4, 0.5) is 0 Å². The maximum Gasteiger partial charge on any atom is 0.0953 e. The Hall–Kier alpha value is -1.61. The minimum Gasteiger partial charge on any atom is -0.330 e. The van der Waals surface area contributed by atoms with Gasteiger partial charge in [-0.05, 0) is 32.4 Å². The van der Waals surface area contributed by atoms with Crippen LogP contribution < -0.4 is 5.73 Å². The summed E-state index contributed by atoms with van der Waals surface area (Å²) in [5, 5.41) is 0. The van der Waals surface area contributed by atoms with Crippen molar-refractivity contribution in [2.75, 3.05) is 6.54 Å². The van der Waals surface area contributed by atoms with Gasteiger partial charge in [-0.1, -0.05) is 24.3 Å². The third-order valence-electron chi connectivity index (χ3n) is 2.93. The molecule has 0 atom stereocenters. The number of rotatable bonds is 4. The first-order valence-electron chi connectivity index (χ1n) is 6.04. The Kier molecular flexibility index (Phi) is 3.59. The van der Waals surface area contributed by atoms with Gasteiger partial charge in [-0.3, -0.25) is 0 Å². The Morgan fingerprint density at radius 2 is 2.06 bits per heavy atom. The molecule has 2 rings (SSSR count). The number of hydrogen-bond acceptors (Lipinski definition) is 2. The molecule has 0 aliphatic rings. The van der Waals surface area contributed by atoms with Crippen LogP contribution in [0.15, 0.2) is 36.8 Å². The molecule has 1 aromatic heterocycles. The molecule has 0 unspecified atom stereocenters. The standard InChI is InChI=1S/C14H19N3/c1-11(2)17-10-16-9-14(17)13-6-4-3-5-12(13)7-8-15/h3-6,9-11H,7-8,15H2,1-2H3. The molecule has 0 saturated carbocycles. The van der Waals surface area contributed by atoms with Crippen LogP contribution in [0.1, 0.15) is 25.5 Å². The van der Waals surface area contributed by atoms with E-state index >= 15 is 0 Å². The largest absolute Gasteiger partial charge is 0.330 e. The Bertz CT molecular complexity index is 486. The van der Waals surface area contributed by atoms with Crippen LogP contribution in [0.3, 0.4) is 0 Å². The molecule has 0 saturated heterocycles. The Labute approximate surface area is 102 Å². The van der Waals surface area contributed by atoms with E-state index in [9.17, 15) is 0 Å². The van der Waals surface area contributed by atoms with E-state index < -0.39 is 0 Å². The lowest BCUT2D eigenvalue weighted by Gasteiger charge is -2.14. The molecule has 90 valence electrons. The topological polar surface area (TPSA) is 43.8 Å². The van der Waals surface area contributed by atoms with E-state index in [0.29, 0.717) is 12.6 Å². The molecule has 0 spiro atoms. The molecule has 2 N–H and O–H groups in total.